The highest BCUT2D eigenvalue weighted by atomic mass is 15.0. The van der Waals surface area contributed by atoms with E-state index in [-0.39, 0.29) is 0 Å². The maximum atomic E-state index is 8.61. The minimum absolute atomic E-state index is 0.605. The summed E-state index contributed by atoms with van der Waals surface area (Å²) in [6, 6.07) is 5.84. The molecule has 2 rings (SSSR count). The molecular formula is C15H25N3. The van der Waals surface area contributed by atoms with Crippen molar-refractivity contribution in [2.24, 2.45) is 7.05 Å². The third-order valence-electron chi connectivity index (χ3n) is 1.84. The molecule has 0 spiro atoms. The van der Waals surface area contributed by atoms with E-state index in [0.29, 0.717) is 5.56 Å². The van der Waals surface area contributed by atoms with Crippen LogP contribution in [0.2, 0.25) is 0 Å². The van der Waals surface area contributed by atoms with Crippen LogP contribution in [0.15, 0.2) is 24.5 Å². The van der Waals surface area contributed by atoms with Gasteiger partial charge in [0.1, 0.15) is 11.7 Å². The second kappa shape index (κ2) is 11.7. The van der Waals surface area contributed by atoms with Gasteiger partial charge in [0.15, 0.2) is 0 Å². The molecule has 3 nitrogen and oxygen atoms in total. The van der Waals surface area contributed by atoms with Crippen molar-refractivity contribution in [3.05, 3.63) is 30.1 Å². The second-order valence-electron chi connectivity index (χ2n) is 2.68. The van der Waals surface area contributed by atoms with E-state index in [2.05, 4.69) is 11.1 Å². The van der Waals surface area contributed by atoms with Crippen molar-refractivity contribution in [2.45, 2.75) is 41.5 Å². The molecule has 2 heterocycles. The van der Waals surface area contributed by atoms with Crippen molar-refractivity contribution in [2.75, 3.05) is 0 Å². The first-order valence-corrected chi connectivity index (χ1v) is 6.62. The Labute approximate surface area is 111 Å². The van der Waals surface area contributed by atoms with Gasteiger partial charge in [-0.3, -0.25) is 0 Å². The Morgan fingerprint density at radius 1 is 1.11 bits per heavy atom. The summed E-state index contributed by atoms with van der Waals surface area (Å²) in [5, 5.41) is 9.62. The lowest BCUT2D eigenvalue weighted by Crippen LogP contribution is -1.87. The summed E-state index contributed by atoms with van der Waals surface area (Å²) in [5.41, 5.74) is 1.52. The monoisotopic (exact) mass is 247 g/mol. The lowest BCUT2D eigenvalue weighted by molar-refractivity contribution is 0.948. The van der Waals surface area contributed by atoms with Gasteiger partial charge in [-0.1, -0.05) is 41.5 Å². The van der Waals surface area contributed by atoms with Crippen molar-refractivity contribution in [3.8, 4) is 6.07 Å². The lowest BCUT2D eigenvalue weighted by atomic mass is 10.2. The SMILES string of the molecule is CC.CC.CC.Cn1ccc2cc(C#N)cnc21. The molecule has 0 saturated heterocycles. The first kappa shape index (κ1) is 18.5. The first-order chi connectivity index (χ1) is 8.81. The minimum atomic E-state index is 0.605. The number of rotatable bonds is 0. The van der Waals surface area contributed by atoms with Crippen LogP contribution in [-0.2, 0) is 7.05 Å². The van der Waals surface area contributed by atoms with Crippen molar-refractivity contribution >= 4 is 11.0 Å². The van der Waals surface area contributed by atoms with Crippen LogP contribution < -0.4 is 0 Å². The molecule has 18 heavy (non-hydrogen) atoms. The van der Waals surface area contributed by atoms with E-state index in [1.807, 2.05) is 71.5 Å². The van der Waals surface area contributed by atoms with Gasteiger partial charge in [-0.2, -0.15) is 5.26 Å². The van der Waals surface area contributed by atoms with Crippen molar-refractivity contribution in [1.82, 2.24) is 9.55 Å². The second-order valence-corrected chi connectivity index (χ2v) is 2.68. The smallest absolute Gasteiger partial charge is 0.139 e. The Morgan fingerprint density at radius 2 is 1.67 bits per heavy atom. The molecule has 0 aliphatic heterocycles. The van der Waals surface area contributed by atoms with Crippen LogP contribution in [0.5, 0.6) is 0 Å². The molecule has 0 aliphatic carbocycles. The van der Waals surface area contributed by atoms with Crippen LogP contribution in [0.1, 0.15) is 47.1 Å². The van der Waals surface area contributed by atoms with Crippen LogP contribution in [0, 0.1) is 11.3 Å². The maximum Gasteiger partial charge on any atom is 0.139 e. The Hall–Kier alpha value is -1.82. The lowest BCUT2D eigenvalue weighted by Gasteiger charge is -1.93. The van der Waals surface area contributed by atoms with Crippen LogP contribution >= 0.6 is 0 Å². The fraction of sp³-hybridized carbons (Fsp3) is 0.467. The molecule has 0 aromatic carbocycles. The van der Waals surface area contributed by atoms with Gasteiger partial charge in [-0.25, -0.2) is 4.98 Å². The van der Waals surface area contributed by atoms with Gasteiger partial charge in [0.05, 0.1) is 5.56 Å². The van der Waals surface area contributed by atoms with Gasteiger partial charge in [0.2, 0.25) is 0 Å². The van der Waals surface area contributed by atoms with Gasteiger partial charge in [-0.15, -0.1) is 0 Å². The summed E-state index contributed by atoms with van der Waals surface area (Å²) < 4.78 is 1.93. The average molecular weight is 247 g/mol. The zero-order chi connectivity index (χ0) is 14.6. The number of nitriles is 1. The van der Waals surface area contributed by atoms with E-state index >= 15 is 0 Å². The largest absolute Gasteiger partial charge is 0.336 e. The molecule has 0 atom stereocenters. The number of fused-ring (bicyclic) bond motifs is 1. The van der Waals surface area contributed by atoms with Crippen molar-refractivity contribution < 1.29 is 0 Å². The molecule has 0 bridgehead atoms. The number of aryl methyl sites for hydroxylation is 1. The summed E-state index contributed by atoms with van der Waals surface area (Å²) in [6.07, 6.45) is 3.52. The number of hydrogen-bond donors (Lipinski definition) is 0. The van der Waals surface area contributed by atoms with Crippen LogP contribution in [0.4, 0.5) is 0 Å². The molecule has 0 amide bonds. The van der Waals surface area contributed by atoms with Gasteiger partial charge in [-0.05, 0) is 12.1 Å². The first-order valence-electron chi connectivity index (χ1n) is 6.62. The maximum absolute atomic E-state index is 8.61. The molecule has 3 heteroatoms. The molecule has 0 radical (unpaired) electrons. The average Bonchev–Trinajstić information content (AvgIpc) is 2.86. The fourth-order valence-corrected chi connectivity index (χ4v) is 1.22. The Morgan fingerprint density at radius 3 is 2.17 bits per heavy atom. The summed E-state index contributed by atoms with van der Waals surface area (Å²) in [6.45, 7) is 12.0. The molecule has 0 fully saturated rings. The van der Waals surface area contributed by atoms with E-state index in [1.165, 1.54) is 0 Å². The van der Waals surface area contributed by atoms with Crippen molar-refractivity contribution in [3.63, 3.8) is 0 Å². The van der Waals surface area contributed by atoms with Gasteiger partial charge >= 0.3 is 0 Å². The number of aromatic nitrogens is 2. The van der Waals surface area contributed by atoms with E-state index in [1.54, 1.807) is 6.20 Å². The number of pyridine rings is 1. The van der Waals surface area contributed by atoms with E-state index < -0.39 is 0 Å². The van der Waals surface area contributed by atoms with Gasteiger partial charge in [0, 0.05) is 24.8 Å². The predicted molar refractivity (Wildman–Crippen MR) is 79.5 cm³/mol. The quantitative estimate of drug-likeness (QED) is 0.686. The normalized spacial score (nSPS) is 7.67. The third kappa shape index (κ3) is 5.01. The third-order valence-corrected chi connectivity index (χ3v) is 1.84. The van der Waals surface area contributed by atoms with E-state index in [9.17, 15) is 0 Å². The van der Waals surface area contributed by atoms with E-state index in [0.717, 1.165) is 11.0 Å². The molecule has 0 saturated carbocycles. The molecule has 100 valence electrons. The summed E-state index contributed by atoms with van der Waals surface area (Å²) in [5.74, 6) is 0. The highest BCUT2D eigenvalue weighted by Gasteiger charge is 1.99. The zero-order valence-electron chi connectivity index (χ0n) is 12.7. The molecule has 0 N–H and O–H groups in total. The summed E-state index contributed by atoms with van der Waals surface area (Å²) >= 11 is 0. The summed E-state index contributed by atoms with van der Waals surface area (Å²) in [4.78, 5) is 4.15. The van der Waals surface area contributed by atoms with Crippen LogP contribution in [0.25, 0.3) is 11.0 Å². The molecular weight excluding hydrogens is 222 g/mol. The fourth-order valence-electron chi connectivity index (χ4n) is 1.22. The minimum Gasteiger partial charge on any atom is -0.336 e. The molecule has 0 unspecified atom stereocenters. The Balaban J connectivity index is 0. The van der Waals surface area contributed by atoms with E-state index in [4.69, 9.17) is 5.26 Å². The molecule has 0 aliphatic rings. The number of hydrogen-bond acceptors (Lipinski definition) is 2. The Bertz CT molecular complexity index is 464. The molecule has 2 aromatic rings. The highest BCUT2D eigenvalue weighted by molar-refractivity contribution is 5.77. The van der Waals surface area contributed by atoms with Crippen LogP contribution in [-0.4, -0.2) is 9.55 Å². The zero-order valence-corrected chi connectivity index (χ0v) is 12.7. The molecule has 2 aromatic heterocycles. The Kier molecular flexibility index (Phi) is 12.0. The predicted octanol–water partition coefficient (Wildman–Crippen LogP) is 4.52. The highest BCUT2D eigenvalue weighted by Crippen LogP contribution is 2.12. The van der Waals surface area contributed by atoms with Crippen LogP contribution in [0.3, 0.4) is 0 Å². The summed E-state index contributed by atoms with van der Waals surface area (Å²) in [7, 11) is 1.93. The van der Waals surface area contributed by atoms with Gasteiger partial charge < -0.3 is 4.57 Å². The van der Waals surface area contributed by atoms with Gasteiger partial charge in [0.25, 0.3) is 0 Å². The topological polar surface area (TPSA) is 41.6 Å². The standard InChI is InChI=1S/C9H7N3.3C2H6/c1-12-3-2-8-4-7(5-10)6-11-9(8)12;3*1-2/h2-4,6H,1H3;3*1-2H3. The number of nitrogens with zero attached hydrogens (tertiary/aromatic N) is 3. The van der Waals surface area contributed by atoms with Crippen molar-refractivity contribution in [1.29, 1.82) is 5.26 Å².